The van der Waals surface area contributed by atoms with Crippen LogP contribution in [0.25, 0.3) is 22.2 Å². The SMILES string of the molecule is CCOC(=O)Cc1ccccc1NC(=O)c1cc(-c2cccc(CN)c2)c2c(c1)nc(C)n2C. The summed E-state index contributed by atoms with van der Waals surface area (Å²) in [6, 6.07) is 18.9. The zero-order valence-corrected chi connectivity index (χ0v) is 19.6. The van der Waals surface area contributed by atoms with Gasteiger partial charge in [-0.2, -0.15) is 0 Å². The Labute approximate surface area is 198 Å². The van der Waals surface area contributed by atoms with Gasteiger partial charge in [-0.05, 0) is 54.8 Å². The molecule has 0 saturated carbocycles. The molecule has 1 aromatic heterocycles. The second kappa shape index (κ2) is 9.89. The molecule has 174 valence electrons. The highest BCUT2D eigenvalue weighted by Gasteiger charge is 2.18. The lowest BCUT2D eigenvalue weighted by molar-refractivity contribution is -0.142. The summed E-state index contributed by atoms with van der Waals surface area (Å²) in [6.45, 7) is 4.44. The molecular weight excluding hydrogens is 428 g/mol. The predicted octanol–water partition coefficient (Wildman–Crippen LogP) is 4.37. The van der Waals surface area contributed by atoms with E-state index in [9.17, 15) is 9.59 Å². The van der Waals surface area contributed by atoms with E-state index in [0.717, 1.165) is 33.5 Å². The number of aromatic nitrogens is 2. The van der Waals surface area contributed by atoms with E-state index in [4.69, 9.17) is 10.5 Å². The number of nitrogens with two attached hydrogens (primary N) is 1. The summed E-state index contributed by atoms with van der Waals surface area (Å²) in [5.41, 5.74) is 12.2. The van der Waals surface area contributed by atoms with Crippen LogP contribution >= 0.6 is 0 Å². The average Bonchev–Trinajstić information content (AvgIpc) is 3.13. The van der Waals surface area contributed by atoms with Gasteiger partial charge in [0.15, 0.2) is 0 Å². The van der Waals surface area contributed by atoms with Gasteiger partial charge in [0.2, 0.25) is 0 Å². The molecule has 4 aromatic rings. The Kier molecular flexibility index (Phi) is 6.75. The third-order valence-corrected chi connectivity index (χ3v) is 5.83. The molecule has 34 heavy (non-hydrogen) atoms. The maximum Gasteiger partial charge on any atom is 0.310 e. The topological polar surface area (TPSA) is 99.2 Å². The lowest BCUT2D eigenvalue weighted by Crippen LogP contribution is -2.15. The van der Waals surface area contributed by atoms with Gasteiger partial charge in [0.05, 0.1) is 24.1 Å². The molecule has 0 fully saturated rings. The number of anilines is 1. The highest BCUT2D eigenvalue weighted by atomic mass is 16.5. The van der Waals surface area contributed by atoms with Crippen LogP contribution in [0.5, 0.6) is 0 Å². The zero-order valence-electron chi connectivity index (χ0n) is 19.6. The van der Waals surface area contributed by atoms with Gasteiger partial charge in [0, 0.05) is 30.4 Å². The molecule has 0 atom stereocenters. The van der Waals surface area contributed by atoms with E-state index in [1.165, 1.54) is 0 Å². The first-order valence-corrected chi connectivity index (χ1v) is 11.2. The van der Waals surface area contributed by atoms with Crippen LogP contribution in [0.15, 0.2) is 60.7 Å². The number of amides is 1. The van der Waals surface area contributed by atoms with Gasteiger partial charge in [-0.3, -0.25) is 9.59 Å². The van der Waals surface area contributed by atoms with Crippen LogP contribution in [0.2, 0.25) is 0 Å². The number of fused-ring (bicyclic) bond motifs is 1. The number of rotatable bonds is 7. The Morgan fingerprint density at radius 1 is 1.09 bits per heavy atom. The Hall–Kier alpha value is -3.97. The molecule has 0 saturated heterocycles. The molecule has 1 heterocycles. The molecule has 0 aliphatic heterocycles. The van der Waals surface area contributed by atoms with Crippen LogP contribution in [-0.2, 0) is 29.5 Å². The second-order valence-electron chi connectivity index (χ2n) is 8.11. The van der Waals surface area contributed by atoms with E-state index in [-0.39, 0.29) is 18.3 Å². The number of esters is 1. The molecule has 3 aromatic carbocycles. The van der Waals surface area contributed by atoms with Crippen LogP contribution in [-0.4, -0.2) is 28.0 Å². The highest BCUT2D eigenvalue weighted by Crippen LogP contribution is 2.31. The van der Waals surface area contributed by atoms with Gasteiger partial charge >= 0.3 is 5.97 Å². The summed E-state index contributed by atoms with van der Waals surface area (Å²) in [7, 11) is 1.96. The van der Waals surface area contributed by atoms with Crippen molar-refractivity contribution in [2.24, 2.45) is 12.8 Å². The van der Waals surface area contributed by atoms with Crippen LogP contribution in [0, 0.1) is 6.92 Å². The second-order valence-corrected chi connectivity index (χ2v) is 8.11. The molecule has 7 heteroatoms. The van der Waals surface area contributed by atoms with Crippen molar-refractivity contribution in [3.05, 3.63) is 83.2 Å². The van der Waals surface area contributed by atoms with Crippen LogP contribution in [0.1, 0.15) is 34.2 Å². The summed E-state index contributed by atoms with van der Waals surface area (Å²) in [6.07, 6.45) is 0.0832. The number of imidazole rings is 1. The number of aryl methyl sites for hydroxylation is 2. The van der Waals surface area contributed by atoms with E-state index >= 15 is 0 Å². The van der Waals surface area contributed by atoms with Crippen molar-refractivity contribution >= 4 is 28.6 Å². The minimum absolute atomic E-state index is 0.0832. The van der Waals surface area contributed by atoms with Crippen molar-refractivity contribution in [1.29, 1.82) is 0 Å². The van der Waals surface area contributed by atoms with E-state index in [1.807, 2.05) is 67.1 Å². The molecule has 0 aliphatic rings. The van der Waals surface area contributed by atoms with Crippen LogP contribution < -0.4 is 11.1 Å². The van der Waals surface area contributed by atoms with Gasteiger partial charge in [0.1, 0.15) is 5.82 Å². The van der Waals surface area contributed by atoms with E-state index < -0.39 is 0 Å². The molecule has 4 rings (SSSR count). The molecule has 0 bridgehead atoms. The fourth-order valence-corrected chi connectivity index (χ4v) is 4.04. The largest absolute Gasteiger partial charge is 0.466 e. The number of ether oxygens (including phenoxy) is 1. The number of hydrogen-bond acceptors (Lipinski definition) is 5. The first kappa shape index (κ1) is 23.2. The van der Waals surface area contributed by atoms with Gasteiger partial charge in [0.25, 0.3) is 5.91 Å². The zero-order chi connectivity index (χ0) is 24.2. The van der Waals surface area contributed by atoms with E-state index in [2.05, 4.69) is 10.3 Å². The Balaban J connectivity index is 1.75. The highest BCUT2D eigenvalue weighted by molar-refractivity contribution is 6.09. The van der Waals surface area contributed by atoms with Gasteiger partial charge in [-0.25, -0.2) is 4.98 Å². The third-order valence-electron chi connectivity index (χ3n) is 5.83. The molecular formula is C27H28N4O3. The van der Waals surface area contributed by atoms with Crippen LogP contribution in [0.4, 0.5) is 5.69 Å². The number of carbonyl (C=O) groups is 2. The fraction of sp³-hybridized carbons (Fsp3) is 0.222. The van der Waals surface area contributed by atoms with Crippen molar-refractivity contribution in [2.45, 2.75) is 26.8 Å². The maximum absolute atomic E-state index is 13.3. The molecule has 0 unspecified atom stereocenters. The number of para-hydroxylation sites is 1. The Bertz CT molecular complexity index is 1370. The Morgan fingerprint density at radius 3 is 2.65 bits per heavy atom. The first-order chi connectivity index (χ1) is 16.4. The molecule has 7 nitrogen and oxygen atoms in total. The summed E-state index contributed by atoms with van der Waals surface area (Å²) in [5.74, 6) is 0.234. The molecule has 1 amide bonds. The lowest BCUT2D eigenvalue weighted by Gasteiger charge is -2.13. The predicted molar refractivity (Wildman–Crippen MR) is 134 cm³/mol. The van der Waals surface area contributed by atoms with Crippen molar-refractivity contribution in [3.63, 3.8) is 0 Å². The lowest BCUT2D eigenvalue weighted by atomic mass is 9.98. The van der Waals surface area contributed by atoms with Crippen LogP contribution in [0.3, 0.4) is 0 Å². The monoisotopic (exact) mass is 456 g/mol. The number of nitrogens with zero attached hydrogens (tertiary/aromatic N) is 2. The summed E-state index contributed by atoms with van der Waals surface area (Å²) in [5, 5.41) is 2.96. The maximum atomic E-state index is 13.3. The van der Waals surface area contributed by atoms with Gasteiger partial charge in [-0.15, -0.1) is 0 Å². The Morgan fingerprint density at radius 2 is 1.88 bits per heavy atom. The smallest absolute Gasteiger partial charge is 0.310 e. The fourth-order valence-electron chi connectivity index (χ4n) is 4.04. The van der Waals surface area contributed by atoms with Gasteiger partial charge in [-0.1, -0.05) is 36.4 Å². The van der Waals surface area contributed by atoms with Crippen molar-refractivity contribution in [3.8, 4) is 11.1 Å². The van der Waals surface area contributed by atoms with E-state index in [0.29, 0.717) is 30.0 Å². The number of hydrogen-bond donors (Lipinski definition) is 2. The molecule has 0 radical (unpaired) electrons. The quantitative estimate of drug-likeness (QED) is 0.403. The number of carbonyl (C=O) groups excluding carboxylic acids is 2. The van der Waals surface area contributed by atoms with Crippen molar-refractivity contribution in [1.82, 2.24) is 9.55 Å². The first-order valence-electron chi connectivity index (χ1n) is 11.2. The van der Waals surface area contributed by atoms with Crippen molar-refractivity contribution < 1.29 is 14.3 Å². The van der Waals surface area contributed by atoms with Crippen molar-refractivity contribution in [2.75, 3.05) is 11.9 Å². The van der Waals surface area contributed by atoms with Gasteiger partial charge < -0.3 is 20.4 Å². The molecule has 0 aliphatic carbocycles. The average molecular weight is 457 g/mol. The minimum atomic E-state index is -0.336. The molecule has 0 spiro atoms. The summed E-state index contributed by atoms with van der Waals surface area (Å²) >= 11 is 0. The summed E-state index contributed by atoms with van der Waals surface area (Å²) in [4.78, 5) is 30.0. The number of nitrogens with one attached hydrogen (secondary N) is 1. The molecule has 3 N–H and O–H groups in total. The van der Waals surface area contributed by atoms with E-state index in [1.54, 1.807) is 19.1 Å². The normalized spacial score (nSPS) is 10.9. The third kappa shape index (κ3) is 4.70. The number of benzene rings is 3. The minimum Gasteiger partial charge on any atom is -0.466 e. The summed E-state index contributed by atoms with van der Waals surface area (Å²) < 4.78 is 7.09. The standard InChI is InChI=1S/C27H28N4O3/c1-4-34-25(32)15-20-9-5-6-11-23(20)30-27(33)21-13-22(19-10-7-8-18(12-19)16-28)26-24(14-21)29-17(2)31(26)3/h5-14H,4,15-16,28H2,1-3H3,(H,30,33).